The molecule has 2 amide bonds. The summed E-state index contributed by atoms with van der Waals surface area (Å²) < 4.78 is 5.16. The van der Waals surface area contributed by atoms with Gasteiger partial charge in [0.05, 0.1) is 12.8 Å². The second-order valence-electron chi connectivity index (χ2n) is 6.37. The third-order valence-electron chi connectivity index (χ3n) is 4.61. The van der Waals surface area contributed by atoms with Gasteiger partial charge in [0.15, 0.2) is 0 Å². The number of hydrogen-bond acceptors (Lipinski definition) is 5. The van der Waals surface area contributed by atoms with Crippen molar-refractivity contribution >= 4 is 17.5 Å². The number of carbonyl (C=O) groups is 2. The molecular weight excluding hydrogens is 344 g/mol. The van der Waals surface area contributed by atoms with E-state index in [1.54, 1.807) is 7.11 Å². The number of carbonyl (C=O) groups excluding carboxylic acids is 2. The second-order valence-corrected chi connectivity index (χ2v) is 6.37. The lowest BCUT2D eigenvalue weighted by atomic mass is 10.1. The first kappa shape index (κ1) is 20.8. The van der Waals surface area contributed by atoms with Crippen LogP contribution in [-0.4, -0.2) is 61.6 Å². The largest absolute Gasteiger partial charge is 0.497 e. The van der Waals surface area contributed by atoms with E-state index < -0.39 is 0 Å². The Morgan fingerprint density at radius 2 is 1.96 bits per heavy atom. The third-order valence-corrected chi connectivity index (χ3v) is 4.61. The van der Waals surface area contributed by atoms with Gasteiger partial charge in [0.2, 0.25) is 11.8 Å². The van der Waals surface area contributed by atoms with Crippen molar-refractivity contribution in [1.82, 2.24) is 20.7 Å². The monoisotopic (exact) mass is 374 g/mol. The van der Waals surface area contributed by atoms with Gasteiger partial charge in [0.25, 0.3) is 0 Å². The van der Waals surface area contributed by atoms with E-state index in [2.05, 4.69) is 29.5 Å². The molecule has 2 N–H and O–H groups in total. The number of rotatable bonds is 10. The smallest absolute Gasteiger partial charge is 0.245 e. The Morgan fingerprint density at radius 1 is 1.26 bits per heavy atom. The minimum Gasteiger partial charge on any atom is -0.497 e. The van der Waals surface area contributed by atoms with Crippen LogP contribution in [0.2, 0.25) is 0 Å². The van der Waals surface area contributed by atoms with Crippen LogP contribution in [0.4, 0.5) is 0 Å². The fourth-order valence-corrected chi connectivity index (χ4v) is 2.90. The molecule has 1 aliphatic heterocycles. The Morgan fingerprint density at radius 3 is 2.59 bits per heavy atom. The highest BCUT2D eigenvalue weighted by Crippen LogP contribution is 2.20. The molecule has 2 rings (SSSR count). The molecule has 1 heterocycles. The summed E-state index contributed by atoms with van der Waals surface area (Å²) in [5.41, 5.74) is 4.80. The molecule has 0 atom stereocenters. The van der Waals surface area contributed by atoms with Crippen LogP contribution in [0, 0.1) is 0 Å². The van der Waals surface area contributed by atoms with Crippen molar-refractivity contribution in [1.29, 1.82) is 0 Å². The van der Waals surface area contributed by atoms with Crippen molar-refractivity contribution in [3.05, 3.63) is 35.9 Å². The van der Waals surface area contributed by atoms with Crippen LogP contribution in [0.1, 0.15) is 32.3 Å². The lowest BCUT2D eigenvalue weighted by molar-refractivity contribution is -0.137. The van der Waals surface area contributed by atoms with Crippen molar-refractivity contribution in [2.24, 2.45) is 0 Å². The lowest BCUT2D eigenvalue weighted by Crippen LogP contribution is -2.49. The van der Waals surface area contributed by atoms with Crippen LogP contribution in [-0.2, 0) is 9.59 Å². The zero-order chi connectivity index (χ0) is 19.6. The van der Waals surface area contributed by atoms with Crippen LogP contribution < -0.4 is 15.5 Å². The van der Waals surface area contributed by atoms with Crippen molar-refractivity contribution in [3.8, 4) is 5.75 Å². The van der Waals surface area contributed by atoms with E-state index in [-0.39, 0.29) is 24.8 Å². The highest BCUT2D eigenvalue weighted by Gasteiger charge is 2.22. The SMILES string of the molecule is CCN(CC)CCCNC(=O)CN1NC(c2ccc(OC)cc2)=CCC1=O. The fraction of sp³-hybridized carbons (Fsp3) is 0.500. The van der Waals surface area contributed by atoms with Crippen LogP contribution in [0.3, 0.4) is 0 Å². The zero-order valence-corrected chi connectivity index (χ0v) is 16.5. The van der Waals surface area contributed by atoms with E-state index in [0.29, 0.717) is 6.54 Å². The Labute approximate surface area is 161 Å². The average Bonchev–Trinajstić information content (AvgIpc) is 2.70. The molecule has 7 nitrogen and oxygen atoms in total. The normalized spacial score (nSPS) is 14.0. The number of amides is 2. The van der Waals surface area contributed by atoms with Gasteiger partial charge in [-0.15, -0.1) is 0 Å². The molecule has 0 unspecified atom stereocenters. The zero-order valence-electron chi connectivity index (χ0n) is 16.5. The van der Waals surface area contributed by atoms with E-state index >= 15 is 0 Å². The Balaban J connectivity index is 1.82. The van der Waals surface area contributed by atoms with Gasteiger partial charge in [-0.05, 0) is 62.0 Å². The van der Waals surface area contributed by atoms with Crippen molar-refractivity contribution in [2.75, 3.05) is 39.8 Å². The minimum atomic E-state index is -0.161. The number of hydrazine groups is 1. The topological polar surface area (TPSA) is 73.9 Å². The standard InChI is InChI=1S/C20H30N4O3/c1-4-23(5-2)14-6-13-21-19(25)15-24-20(26)12-11-18(22-24)16-7-9-17(27-3)10-8-16/h7-11,22H,4-6,12-15H2,1-3H3,(H,21,25). The summed E-state index contributed by atoms with van der Waals surface area (Å²) in [5.74, 6) is 0.490. The minimum absolute atomic E-state index is 0.00238. The average molecular weight is 374 g/mol. The number of nitrogens with one attached hydrogen (secondary N) is 2. The number of benzene rings is 1. The maximum absolute atomic E-state index is 12.2. The van der Waals surface area contributed by atoms with E-state index in [0.717, 1.165) is 43.1 Å². The molecule has 0 fully saturated rings. The lowest BCUT2D eigenvalue weighted by Gasteiger charge is -2.29. The molecule has 0 bridgehead atoms. The van der Waals surface area contributed by atoms with Gasteiger partial charge < -0.3 is 15.0 Å². The predicted molar refractivity (Wildman–Crippen MR) is 106 cm³/mol. The van der Waals surface area contributed by atoms with Gasteiger partial charge >= 0.3 is 0 Å². The van der Waals surface area contributed by atoms with Crippen molar-refractivity contribution in [2.45, 2.75) is 26.7 Å². The number of ether oxygens (including phenoxy) is 1. The van der Waals surface area contributed by atoms with Gasteiger partial charge in [-0.3, -0.25) is 15.0 Å². The van der Waals surface area contributed by atoms with Crippen LogP contribution in [0.15, 0.2) is 30.3 Å². The van der Waals surface area contributed by atoms with Crippen LogP contribution in [0.5, 0.6) is 5.75 Å². The molecule has 0 aliphatic carbocycles. The number of nitrogens with zero attached hydrogens (tertiary/aromatic N) is 2. The highest BCUT2D eigenvalue weighted by molar-refractivity contribution is 5.88. The molecule has 0 radical (unpaired) electrons. The molecule has 0 aromatic heterocycles. The molecule has 1 aliphatic rings. The fourth-order valence-electron chi connectivity index (χ4n) is 2.90. The first-order chi connectivity index (χ1) is 13.1. The van der Waals surface area contributed by atoms with Crippen molar-refractivity contribution in [3.63, 3.8) is 0 Å². The number of hydrogen-bond donors (Lipinski definition) is 2. The summed E-state index contributed by atoms with van der Waals surface area (Å²) in [6.45, 7) is 7.84. The molecule has 27 heavy (non-hydrogen) atoms. The van der Waals surface area contributed by atoms with E-state index in [1.165, 1.54) is 5.01 Å². The van der Waals surface area contributed by atoms with E-state index in [4.69, 9.17) is 4.74 Å². The van der Waals surface area contributed by atoms with Gasteiger partial charge in [-0.25, -0.2) is 5.01 Å². The molecule has 7 heteroatoms. The molecule has 148 valence electrons. The van der Waals surface area contributed by atoms with Crippen molar-refractivity contribution < 1.29 is 14.3 Å². The molecule has 0 spiro atoms. The molecule has 1 aromatic carbocycles. The van der Waals surface area contributed by atoms with Gasteiger partial charge in [0, 0.05) is 13.0 Å². The Kier molecular flexibility index (Phi) is 8.13. The summed E-state index contributed by atoms with van der Waals surface area (Å²) in [7, 11) is 1.62. The second kappa shape index (κ2) is 10.6. The van der Waals surface area contributed by atoms with Gasteiger partial charge in [-0.2, -0.15) is 0 Å². The van der Waals surface area contributed by atoms with Crippen LogP contribution in [0.25, 0.3) is 5.70 Å². The van der Waals surface area contributed by atoms with Gasteiger partial charge in [-0.1, -0.05) is 13.8 Å². The maximum atomic E-state index is 12.2. The first-order valence-corrected chi connectivity index (χ1v) is 9.48. The molecule has 0 saturated heterocycles. The summed E-state index contributed by atoms with van der Waals surface area (Å²) in [5, 5.41) is 4.26. The Bertz CT molecular complexity index is 654. The first-order valence-electron chi connectivity index (χ1n) is 9.48. The van der Waals surface area contributed by atoms with E-state index in [1.807, 2.05) is 30.3 Å². The quantitative estimate of drug-likeness (QED) is 0.609. The number of methoxy groups -OCH3 is 1. The van der Waals surface area contributed by atoms with E-state index in [9.17, 15) is 9.59 Å². The molecular formula is C20H30N4O3. The molecule has 0 saturated carbocycles. The van der Waals surface area contributed by atoms with Crippen LogP contribution >= 0.6 is 0 Å². The molecule has 1 aromatic rings. The summed E-state index contributed by atoms with van der Waals surface area (Å²) in [4.78, 5) is 26.6. The van der Waals surface area contributed by atoms with Gasteiger partial charge in [0.1, 0.15) is 12.3 Å². The maximum Gasteiger partial charge on any atom is 0.245 e. The third kappa shape index (κ3) is 6.29. The summed E-state index contributed by atoms with van der Waals surface area (Å²) in [6, 6.07) is 7.56. The predicted octanol–water partition coefficient (Wildman–Crippen LogP) is 1.62. The summed E-state index contributed by atoms with van der Waals surface area (Å²) >= 11 is 0. The Hall–Kier alpha value is -2.54. The highest BCUT2D eigenvalue weighted by atomic mass is 16.5. The summed E-state index contributed by atoms with van der Waals surface area (Å²) in [6.07, 6.45) is 3.00.